The summed E-state index contributed by atoms with van der Waals surface area (Å²) in [4.78, 5) is 4.48. The van der Waals surface area contributed by atoms with Crippen molar-refractivity contribution >= 4 is 11.8 Å². The average Bonchev–Trinajstić information content (AvgIpc) is 3.36. The van der Waals surface area contributed by atoms with Crippen molar-refractivity contribution in [1.29, 1.82) is 0 Å². The van der Waals surface area contributed by atoms with Gasteiger partial charge in [0.05, 0.1) is 23.6 Å². The maximum atomic E-state index is 5.64. The molecule has 2 heterocycles. The molecule has 0 fully saturated rings. The predicted molar refractivity (Wildman–Crippen MR) is 104 cm³/mol. The number of benzene rings is 2. The number of aryl methyl sites for hydroxylation is 1. The summed E-state index contributed by atoms with van der Waals surface area (Å²) in [5.41, 5.74) is 2.84. The number of rotatable bonds is 7. The van der Waals surface area contributed by atoms with Crippen LogP contribution in [0.1, 0.15) is 18.4 Å². The molecular weight excluding hydrogens is 376 g/mol. The average molecular weight is 394 g/mol. The molecule has 0 bridgehead atoms. The fraction of sp³-hybridized carbons (Fsp3) is 0.211. The molecule has 0 saturated carbocycles. The van der Waals surface area contributed by atoms with Crippen molar-refractivity contribution < 1.29 is 9.26 Å². The SMILES string of the molecule is CCOc1ccccc1-c1noc(CSc2nnnn2-c2cccc(C)c2)n1. The van der Waals surface area contributed by atoms with Gasteiger partial charge in [-0.25, -0.2) is 0 Å². The van der Waals surface area contributed by atoms with E-state index in [-0.39, 0.29) is 0 Å². The van der Waals surface area contributed by atoms with Crippen molar-refractivity contribution in [2.75, 3.05) is 6.61 Å². The van der Waals surface area contributed by atoms with E-state index in [1.165, 1.54) is 11.8 Å². The van der Waals surface area contributed by atoms with Crippen molar-refractivity contribution in [2.24, 2.45) is 0 Å². The van der Waals surface area contributed by atoms with E-state index in [0.29, 0.717) is 29.2 Å². The summed E-state index contributed by atoms with van der Waals surface area (Å²) in [5.74, 6) is 2.17. The van der Waals surface area contributed by atoms with Crippen molar-refractivity contribution in [1.82, 2.24) is 30.3 Å². The third-order valence-electron chi connectivity index (χ3n) is 3.91. The van der Waals surface area contributed by atoms with Gasteiger partial charge in [0, 0.05) is 0 Å². The van der Waals surface area contributed by atoms with Gasteiger partial charge in [0.25, 0.3) is 0 Å². The molecule has 2 aromatic carbocycles. The van der Waals surface area contributed by atoms with Crippen LogP contribution >= 0.6 is 11.8 Å². The smallest absolute Gasteiger partial charge is 0.237 e. The summed E-state index contributed by atoms with van der Waals surface area (Å²) in [6, 6.07) is 15.6. The number of thioether (sulfide) groups is 1. The first-order chi connectivity index (χ1) is 13.7. The summed E-state index contributed by atoms with van der Waals surface area (Å²) in [6.07, 6.45) is 0. The Morgan fingerprint density at radius 3 is 2.89 bits per heavy atom. The Bertz CT molecular complexity index is 1080. The van der Waals surface area contributed by atoms with Gasteiger partial charge in [-0.2, -0.15) is 9.67 Å². The molecule has 142 valence electrons. The Hall–Kier alpha value is -3.20. The lowest BCUT2D eigenvalue weighted by Crippen LogP contribution is -1.99. The first-order valence-electron chi connectivity index (χ1n) is 8.77. The number of ether oxygens (including phenoxy) is 1. The van der Waals surface area contributed by atoms with Gasteiger partial charge in [0.15, 0.2) is 0 Å². The lowest BCUT2D eigenvalue weighted by Gasteiger charge is -2.06. The van der Waals surface area contributed by atoms with Crippen LogP contribution in [0.5, 0.6) is 5.75 Å². The van der Waals surface area contributed by atoms with Crippen LogP contribution in [-0.4, -0.2) is 37.0 Å². The van der Waals surface area contributed by atoms with Gasteiger partial charge in [0.2, 0.25) is 16.9 Å². The number of tetrazole rings is 1. The highest BCUT2D eigenvalue weighted by atomic mass is 32.2. The second-order valence-corrected chi connectivity index (χ2v) is 6.88. The summed E-state index contributed by atoms with van der Waals surface area (Å²) in [5, 5.41) is 16.7. The number of hydrogen-bond donors (Lipinski definition) is 0. The topological polar surface area (TPSA) is 91.8 Å². The van der Waals surface area contributed by atoms with Gasteiger partial charge in [-0.05, 0) is 54.1 Å². The standard InChI is InChI=1S/C19H18N6O2S/c1-3-26-16-10-5-4-9-15(16)18-20-17(27-22-18)12-28-19-21-23-24-25(19)14-8-6-7-13(2)11-14/h4-11H,3,12H2,1-2H3. The minimum Gasteiger partial charge on any atom is -0.493 e. The predicted octanol–water partition coefficient (Wildman–Crippen LogP) is 3.71. The molecule has 0 radical (unpaired) electrons. The Balaban J connectivity index is 1.50. The van der Waals surface area contributed by atoms with Crippen LogP contribution in [0, 0.1) is 6.92 Å². The van der Waals surface area contributed by atoms with E-state index in [2.05, 4.69) is 25.7 Å². The maximum Gasteiger partial charge on any atom is 0.237 e. The highest BCUT2D eigenvalue weighted by Gasteiger charge is 2.15. The van der Waals surface area contributed by atoms with Crippen LogP contribution < -0.4 is 4.74 Å². The quantitative estimate of drug-likeness (QED) is 0.438. The van der Waals surface area contributed by atoms with E-state index in [1.54, 1.807) is 4.68 Å². The molecular formula is C19H18N6O2S. The van der Waals surface area contributed by atoms with Crippen molar-refractivity contribution in [3.8, 4) is 22.8 Å². The van der Waals surface area contributed by atoms with Crippen LogP contribution in [0.3, 0.4) is 0 Å². The molecule has 0 N–H and O–H groups in total. The molecule has 0 unspecified atom stereocenters. The minimum atomic E-state index is 0.454. The minimum absolute atomic E-state index is 0.454. The number of nitrogens with zero attached hydrogens (tertiary/aromatic N) is 6. The summed E-state index contributed by atoms with van der Waals surface area (Å²) >= 11 is 1.43. The molecule has 0 aliphatic carbocycles. The first kappa shape index (κ1) is 18.2. The van der Waals surface area contributed by atoms with Gasteiger partial charge < -0.3 is 9.26 Å². The van der Waals surface area contributed by atoms with Crippen LogP contribution in [0.15, 0.2) is 58.2 Å². The second-order valence-electron chi connectivity index (χ2n) is 5.94. The molecule has 28 heavy (non-hydrogen) atoms. The summed E-state index contributed by atoms with van der Waals surface area (Å²) < 4.78 is 12.7. The Labute approximate surface area is 165 Å². The largest absolute Gasteiger partial charge is 0.493 e. The van der Waals surface area contributed by atoms with E-state index in [4.69, 9.17) is 9.26 Å². The van der Waals surface area contributed by atoms with Gasteiger partial charge in [-0.3, -0.25) is 0 Å². The molecule has 0 aliphatic heterocycles. The molecule has 2 aromatic heterocycles. The van der Waals surface area contributed by atoms with E-state index >= 15 is 0 Å². The first-order valence-corrected chi connectivity index (χ1v) is 9.76. The van der Waals surface area contributed by atoms with E-state index < -0.39 is 0 Å². The zero-order valence-corrected chi connectivity index (χ0v) is 16.3. The number of hydrogen-bond acceptors (Lipinski definition) is 8. The van der Waals surface area contributed by atoms with E-state index in [9.17, 15) is 0 Å². The van der Waals surface area contributed by atoms with E-state index in [1.807, 2.05) is 62.4 Å². The molecule has 4 aromatic rings. The second kappa shape index (κ2) is 8.22. The monoisotopic (exact) mass is 394 g/mol. The molecule has 0 amide bonds. The number of para-hydroxylation sites is 1. The molecule has 4 rings (SSSR count). The van der Waals surface area contributed by atoms with Crippen molar-refractivity contribution in [2.45, 2.75) is 24.8 Å². The highest BCUT2D eigenvalue weighted by molar-refractivity contribution is 7.98. The maximum absolute atomic E-state index is 5.64. The molecule has 8 nitrogen and oxygen atoms in total. The molecule has 9 heteroatoms. The van der Waals surface area contributed by atoms with Crippen LogP contribution in [0.25, 0.3) is 17.1 Å². The van der Waals surface area contributed by atoms with Gasteiger partial charge in [0.1, 0.15) is 5.75 Å². The van der Waals surface area contributed by atoms with Crippen LogP contribution in [0.4, 0.5) is 0 Å². The fourth-order valence-corrected chi connectivity index (χ4v) is 3.40. The highest BCUT2D eigenvalue weighted by Crippen LogP contribution is 2.29. The fourth-order valence-electron chi connectivity index (χ4n) is 2.67. The Morgan fingerprint density at radius 1 is 1.14 bits per heavy atom. The Morgan fingerprint density at radius 2 is 2.04 bits per heavy atom. The lowest BCUT2D eigenvalue weighted by atomic mass is 10.2. The number of aromatic nitrogens is 6. The molecule has 0 atom stereocenters. The van der Waals surface area contributed by atoms with Gasteiger partial charge in [-0.15, -0.1) is 5.10 Å². The van der Waals surface area contributed by atoms with Crippen LogP contribution in [-0.2, 0) is 5.75 Å². The summed E-state index contributed by atoms with van der Waals surface area (Å²) in [7, 11) is 0. The van der Waals surface area contributed by atoms with Crippen LogP contribution in [0.2, 0.25) is 0 Å². The zero-order chi connectivity index (χ0) is 19.3. The molecule has 0 spiro atoms. The Kier molecular flexibility index (Phi) is 5.34. The van der Waals surface area contributed by atoms with Crippen molar-refractivity contribution in [3.63, 3.8) is 0 Å². The molecule has 0 aliphatic rings. The van der Waals surface area contributed by atoms with Crippen molar-refractivity contribution in [3.05, 3.63) is 60.0 Å². The normalized spacial score (nSPS) is 10.9. The summed E-state index contributed by atoms with van der Waals surface area (Å²) in [6.45, 7) is 4.54. The zero-order valence-electron chi connectivity index (χ0n) is 15.4. The molecule has 0 saturated heterocycles. The van der Waals surface area contributed by atoms with Gasteiger partial charge >= 0.3 is 0 Å². The third kappa shape index (κ3) is 3.89. The van der Waals surface area contributed by atoms with Gasteiger partial charge in [-0.1, -0.05) is 41.2 Å². The van der Waals surface area contributed by atoms with E-state index in [0.717, 1.165) is 22.6 Å². The third-order valence-corrected chi connectivity index (χ3v) is 4.81. The lowest BCUT2D eigenvalue weighted by molar-refractivity contribution is 0.341.